The van der Waals surface area contributed by atoms with Crippen LogP contribution in [0.1, 0.15) is 18.4 Å². The number of halogens is 5. The number of likely N-dealkylation sites (N-methyl/N-ethyl adjacent to an activating group) is 1. The molecule has 2 fully saturated rings. The Hall–Kier alpha value is -0.0100. The molecule has 2 amide bonds. The molecule has 0 bridgehead atoms. The zero-order valence-corrected chi connectivity index (χ0v) is 18.9. The zero-order valence-electron chi connectivity index (χ0n) is 13.5. The molecule has 136 valence electrons. The molecule has 0 spiro atoms. The SMILES string of the molecule is Cc1c(Br)cc(N2CCC(N(C)C(=O)C3(Cl)CC3(Cl)Cl)C2=O)cc1Br. The van der Waals surface area contributed by atoms with Gasteiger partial charge in [0.05, 0.1) is 0 Å². The van der Waals surface area contributed by atoms with Crippen molar-refractivity contribution in [2.75, 3.05) is 18.5 Å². The van der Waals surface area contributed by atoms with Crippen molar-refractivity contribution in [2.45, 2.75) is 35.0 Å². The fourth-order valence-corrected chi connectivity index (χ4v) is 5.18. The summed E-state index contributed by atoms with van der Waals surface area (Å²) < 4.78 is 0.544. The van der Waals surface area contributed by atoms with E-state index in [9.17, 15) is 9.59 Å². The molecule has 0 aromatic heterocycles. The summed E-state index contributed by atoms with van der Waals surface area (Å²) in [5.74, 6) is -0.556. The van der Waals surface area contributed by atoms with Crippen molar-refractivity contribution < 1.29 is 9.59 Å². The summed E-state index contributed by atoms with van der Waals surface area (Å²) in [6, 6.07) is 3.22. The second kappa shape index (κ2) is 6.55. The molecule has 1 aromatic rings. The van der Waals surface area contributed by atoms with E-state index in [0.29, 0.717) is 13.0 Å². The summed E-state index contributed by atoms with van der Waals surface area (Å²) >= 11 is 25.2. The molecule has 1 aliphatic carbocycles. The number of carbonyl (C=O) groups excluding carboxylic acids is 2. The zero-order chi connectivity index (χ0) is 18.7. The average molecular weight is 533 g/mol. The third-order valence-corrected chi connectivity index (χ3v) is 8.17. The molecule has 0 N–H and O–H groups in total. The predicted octanol–water partition coefficient (Wildman–Crippen LogP) is 4.64. The van der Waals surface area contributed by atoms with E-state index >= 15 is 0 Å². The van der Waals surface area contributed by atoms with Crippen LogP contribution in [-0.4, -0.2) is 45.6 Å². The third kappa shape index (κ3) is 3.22. The highest BCUT2D eigenvalue weighted by Crippen LogP contribution is 2.62. The van der Waals surface area contributed by atoms with Crippen LogP contribution in [0.15, 0.2) is 21.1 Å². The van der Waals surface area contributed by atoms with E-state index in [1.165, 1.54) is 4.90 Å². The maximum atomic E-state index is 12.9. The van der Waals surface area contributed by atoms with Crippen molar-refractivity contribution in [2.24, 2.45) is 0 Å². The van der Waals surface area contributed by atoms with Gasteiger partial charge in [0.2, 0.25) is 11.8 Å². The van der Waals surface area contributed by atoms with Gasteiger partial charge in [-0.2, -0.15) is 0 Å². The van der Waals surface area contributed by atoms with Gasteiger partial charge in [-0.25, -0.2) is 0 Å². The van der Waals surface area contributed by atoms with Crippen molar-refractivity contribution in [3.63, 3.8) is 0 Å². The van der Waals surface area contributed by atoms with Crippen LogP contribution in [0.5, 0.6) is 0 Å². The number of carbonyl (C=O) groups is 2. The molecular weight excluding hydrogens is 518 g/mol. The first-order valence-electron chi connectivity index (χ1n) is 7.60. The van der Waals surface area contributed by atoms with Gasteiger partial charge in [0.1, 0.15) is 10.4 Å². The first kappa shape index (κ1) is 19.7. The minimum absolute atomic E-state index is 0.144. The van der Waals surface area contributed by atoms with Crippen LogP contribution in [0.3, 0.4) is 0 Å². The van der Waals surface area contributed by atoms with E-state index in [0.717, 1.165) is 20.2 Å². The van der Waals surface area contributed by atoms with Crippen molar-refractivity contribution >= 4 is 84.2 Å². The van der Waals surface area contributed by atoms with Gasteiger partial charge in [-0.05, 0) is 31.0 Å². The molecule has 2 atom stereocenters. The maximum Gasteiger partial charge on any atom is 0.249 e. The average Bonchev–Trinajstić information content (AvgIpc) is 2.87. The summed E-state index contributed by atoms with van der Waals surface area (Å²) in [6.45, 7) is 2.49. The molecule has 9 heteroatoms. The Labute approximate surface area is 178 Å². The van der Waals surface area contributed by atoms with Crippen molar-refractivity contribution in [3.8, 4) is 0 Å². The normalized spacial score (nSPS) is 27.6. The number of rotatable bonds is 3. The minimum Gasteiger partial charge on any atom is -0.332 e. The minimum atomic E-state index is -1.34. The Bertz CT molecular complexity index is 751. The molecule has 1 aromatic carbocycles. The lowest BCUT2D eigenvalue weighted by Gasteiger charge is -2.26. The summed E-state index contributed by atoms with van der Waals surface area (Å²) in [4.78, 5) is 27.2. The van der Waals surface area contributed by atoms with Crippen LogP contribution in [0, 0.1) is 6.92 Å². The molecule has 4 nitrogen and oxygen atoms in total. The molecule has 25 heavy (non-hydrogen) atoms. The van der Waals surface area contributed by atoms with Gasteiger partial charge >= 0.3 is 0 Å². The highest BCUT2D eigenvalue weighted by atomic mass is 79.9. The molecule has 0 radical (unpaired) electrons. The number of alkyl halides is 3. The van der Waals surface area contributed by atoms with Crippen molar-refractivity contribution in [1.29, 1.82) is 0 Å². The fraction of sp³-hybridized carbons (Fsp3) is 0.500. The quantitative estimate of drug-likeness (QED) is 0.532. The molecule has 1 saturated carbocycles. The maximum absolute atomic E-state index is 12.9. The highest BCUT2D eigenvalue weighted by Gasteiger charge is 2.72. The largest absolute Gasteiger partial charge is 0.332 e. The van der Waals surface area contributed by atoms with Crippen LogP contribution < -0.4 is 4.90 Å². The Kier molecular flexibility index (Phi) is 5.17. The first-order valence-corrected chi connectivity index (χ1v) is 10.3. The lowest BCUT2D eigenvalue weighted by Crippen LogP contribution is -2.47. The topological polar surface area (TPSA) is 40.6 Å². The number of hydrogen-bond acceptors (Lipinski definition) is 2. The summed E-state index contributed by atoms with van der Waals surface area (Å²) in [6.07, 6.45) is 0.699. The van der Waals surface area contributed by atoms with Crippen LogP contribution in [0.2, 0.25) is 0 Å². The molecule has 2 aliphatic rings. The van der Waals surface area contributed by atoms with Gasteiger partial charge < -0.3 is 9.80 Å². The lowest BCUT2D eigenvalue weighted by atomic mass is 10.2. The Morgan fingerprint density at radius 2 is 1.80 bits per heavy atom. The summed E-state index contributed by atoms with van der Waals surface area (Å²) in [5.41, 5.74) is 1.83. The monoisotopic (exact) mass is 530 g/mol. The van der Waals surface area contributed by atoms with E-state index in [4.69, 9.17) is 34.8 Å². The van der Waals surface area contributed by atoms with E-state index in [-0.39, 0.29) is 12.3 Å². The van der Waals surface area contributed by atoms with Crippen molar-refractivity contribution in [3.05, 3.63) is 26.6 Å². The lowest BCUT2D eigenvalue weighted by molar-refractivity contribution is -0.137. The van der Waals surface area contributed by atoms with Crippen LogP contribution in [0.4, 0.5) is 5.69 Å². The van der Waals surface area contributed by atoms with E-state index < -0.39 is 21.2 Å². The predicted molar refractivity (Wildman–Crippen MR) is 108 cm³/mol. The molecule has 1 saturated heterocycles. The van der Waals surface area contributed by atoms with Gasteiger partial charge in [-0.1, -0.05) is 55.1 Å². The molecule has 1 aliphatic heterocycles. The first-order chi connectivity index (χ1) is 11.5. The fourth-order valence-electron chi connectivity index (χ4n) is 2.98. The summed E-state index contributed by atoms with van der Waals surface area (Å²) in [7, 11) is 1.57. The van der Waals surface area contributed by atoms with Gasteiger partial charge in [0.25, 0.3) is 0 Å². The number of hydrogen-bond donors (Lipinski definition) is 0. The number of amides is 2. The van der Waals surface area contributed by atoms with Gasteiger partial charge in [-0.3, -0.25) is 9.59 Å². The Balaban J connectivity index is 1.79. The number of nitrogens with zero attached hydrogens (tertiary/aromatic N) is 2. The van der Waals surface area contributed by atoms with Crippen molar-refractivity contribution in [1.82, 2.24) is 4.90 Å². The second-order valence-electron chi connectivity index (χ2n) is 6.43. The van der Waals surface area contributed by atoms with E-state index in [1.807, 2.05) is 19.1 Å². The molecular formula is C16H15Br2Cl3N2O2. The highest BCUT2D eigenvalue weighted by molar-refractivity contribution is 9.11. The van der Waals surface area contributed by atoms with Crippen LogP contribution in [0.25, 0.3) is 0 Å². The summed E-state index contributed by atoms with van der Waals surface area (Å²) in [5, 5.41) is 0. The second-order valence-corrected chi connectivity index (χ2v) is 10.3. The van der Waals surface area contributed by atoms with Gasteiger partial charge in [0.15, 0.2) is 4.87 Å². The molecule has 2 unspecified atom stereocenters. The number of anilines is 1. The molecule has 1 heterocycles. The molecule has 3 rings (SSSR count). The van der Waals surface area contributed by atoms with E-state index in [1.54, 1.807) is 11.9 Å². The smallest absolute Gasteiger partial charge is 0.249 e. The van der Waals surface area contributed by atoms with E-state index in [2.05, 4.69) is 31.9 Å². The Morgan fingerprint density at radius 1 is 1.28 bits per heavy atom. The van der Waals surface area contributed by atoms with Gasteiger partial charge in [-0.15, -0.1) is 11.6 Å². The third-order valence-electron chi connectivity index (χ3n) is 4.80. The van der Waals surface area contributed by atoms with Crippen LogP contribution in [-0.2, 0) is 9.59 Å². The number of benzene rings is 1. The Morgan fingerprint density at radius 3 is 2.28 bits per heavy atom. The van der Waals surface area contributed by atoms with Crippen LogP contribution >= 0.6 is 66.7 Å². The standard InChI is InChI=1S/C16H15Br2Cl3N2O2/c1-8-10(17)5-9(6-11(8)18)23-4-3-12(13(23)24)22(2)14(25)15(19)7-16(15,20)21/h5-6,12H,3-4,7H2,1-2H3. The van der Waals surface area contributed by atoms with Gasteiger partial charge in [0, 0.05) is 34.6 Å².